The average molecular weight is 981 g/mol. The molecule has 0 spiro atoms. The minimum Gasteiger partial charge on any atom is -0.406 e. The Balaban J connectivity index is 0.000000194. The molecule has 4 heterocycles. The maximum Gasteiger partial charge on any atom is 0.573 e. The van der Waals surface area contributed by atoms with Crippen LogP contribution < -0.4 is 19.3 Å². The zero-order chi connectivity index (χ0) is 46.6. The number of piperazine rings is 2. The van der Waals surface area contributed by atoms with Crippen molar-refractivity contribution in [2.75, 3.05) is 62.2 Å². The summed E-state index contributed by atoms with van der Waals surface area (Å²) in [5.41, 5.74) is 6.25. The second-order valence-electron chi connectivity index (χ2n) is 14.8. The van der Waals surface area contributed by atoms with E-state index in [0.29, 0.717) is 26.2 Å². The standard InChI is InChI=1S/C22H22F3N3O3S2.C21H20F3N3O3S2/c1-2-16-3-5-17(6-4-16)20-15-32-21(26-20)27-11-13-28(14-12-27)33(29,30)19-9-7-18(8-10-19)31-22(23,24)25;1-15-2-4-16(5-3-15)19-14-31-20(25-19)26-10-12-27(13-11-26)32(28,29)18-8-6-17(7-9-18)30-21(22,23)24/h3-10,15H,2,11-14H2,1H3;2-9,14H,10-13H2,1H3. The van der Waals surface area contributed by atoms with Crippen LogP contribution in [0.1, 0.15) is 18.1 Å². The lowest BCUT2D eigenvalue weighted by Gasteiger charge is -2.33. The molecule has 8 rings (SSSR count). The van der Waals surface area contributed by atoms with Crippen LogP contribution in [0, 0.1) is 6.92 Å². The number of ether oxygens (including phenoxy) is 2. The Morgan fingerprint density at radius 3 is 1.23 bits per heavy atom. The molecule has 2 aliphatic heterocycles. The highest BCUT2D eigenvalue weighted by Gasteiger charge is 2.34. The number of rotatable bonds is 11. The van der Waals surface area contributed by atoms with Gasteiger partial charge in [-0.2, -0.15) is 8.61 Å². The van der Waals surface area contributed by atoms with Crippen LogP contribution >= 0.6 is 22.7 Å². The van der Waals surface area contributed by atoms with E-state index in [9.17, 15) is 43.2 Å². The highest BCUT2D eigenvalue weighted by atomic mass is 32.2. The van der Waals surface area contributed by atoms with Crippen molar-refractivity contribution < 1.29 is 52.7 Å². The molecule has 4 aromatic carbocycles. The molecule has 2 aromatic heterocycles. The number of sulfonamides is 2. The van der Waals surface area contributed by atoms with Gasteiger partial charge in [-0.15, -0.1) is 49.0 Å². The first-order valence-electron chi connectivity index (χ1n) is 20.1. The minimum absolute atomic E-state index is 0.0717. The van der Waals surface area contributed by atoms with E-state index in [2.05, 4.69) is 33.5 Å². The molecular weight excluding hydrogens is 939 g/mol. The molecule has 0 amide bonds. The van der Waals surface area contributed by atoms with Crippen molar-refractivity contribution in [3.63, 3.8) is 0 Å². The second-order valence-corrected chi connectivity index (χ2v) is 20.3. The van der Waals surface area contributed by atoms with Gasteiger partial charge in [0.1, 0.15) is 11.5 Å². The largest absolute Gasteiger partial charge is 0.573 e. The van der Waals surface area contributed by atoms with Gasteiger partial charge in [0, 0.05) is 74.2 Å². The van der Waals surface area contributed by atoms with E-state index in [4.69, 9.17) is 4.98 Å². The molecular formula is C43H42F6N6O6S4. The SMILES string of the molecule is CCc1ccc(-c2csc(N3CCN(S(=O)(=O)c4ccc(OC(F)(F)F)cc4)CC3)n2)cc1.Cc1ccc(-c2csc(N3CCN(S(=O)(=O)c4ccc(OC(F)(F)F)cc4)CC3)n2)cc1. The van der Waals surface area contributed by atoms with Crippen molar-refractivity contribution in [1.29, 1.82) is 0 Å². The van der Waals surface area contributed by atoms with Crippen molar-refractivity contribution in [3.8, 4) is 34.0 Å². The fourth-order valence-electron chi connectivity index (χ4n) is 6.88. The van der Waals surface area contributed by atoms with Gasteiger partial charge in [0.25, 0.3) is 0 Å². The number of thiazole rings is 2. The summed E-state index contributed by atoms with van der Waals surface area (Å²) in [6.45, 7) is 7.01. The van der Waals surface area contributed by atoms with Gasteiger partial charge in [0.05, 0.1) is 21.2 Å². The molecule has 0 bridgehead atoms. The smallest absolute Gasteiger partial charge is 0.406 e. The zero-order valence-electron chi connectivity index (χ0n) is 34.8. The summed E-state index contributed by atoms with van der Waals surface area (Å²) in [6, 6.07) is 24.8. The summed E-state index contributed by atoms with van der Waals surface area (Å²) in [5, 5.41) is 5.62. The van der Waals surface area contributed by atoms with Crippen LogP contribution in [0.4, 0.5) is 36.6 Å². The number of hydrogen-bond donors (Lipinski definition) is 0. The predicted octanol–water partition coefficient (Wildman–Crippen LogP) is 9.31. The first kappa shape index (κ1) is 47.7. The van der Waals surface area contributed by atoms with E-state index in [-0.39, 0.29) is 36.0 Å². The molecule has 346 valence electrons. The molecule has 0 saturated carbocycles. The number of halogens is 6. The lowest BCUT2D eigenvalue weighted by molar-refractivity contribution is -0.275. The van der Waals surface area contributed by atoms with Crippen molar-refractivity contribution in [3.05, 3.63) is 119 Å². The lowest BCUT2D eigenvalue weighted by Crippen LogP contribution is -2.48. The normalized spacial score (nSPS) is 15.6. The Bertz CT molecular complexity index is 2740. The highest BCUT2D eigenvalue weighted by molar-refractivity contribution is 7.89. The average Bonchev–Trinajstić information content (AvgIpc) is 3.98. The summed E-state index contributed by atoms with van der Waals surface area (Å²) >= 11 is 3.02. The summed E-state index contributed by atoms with van der Waals surface area (Å²) in [7, 11) is -7.64. The van der Waals surface area contributed by atoms with Crippen molar-refractivity contribution >= 4 is 53.0 Å². The lowest BCUT2D eigenvalue weighted by atomic mass is 10.1. The number of aryl methyl sites for hydroxylation is 2. The van der Waals surface area contributed by atoms with Crippen LogP contribution in [0.2, 0.25) is 0 Å². The first-order valence-corrected chi connectivity index (χ1v) is 24.7. The molecule has 0 atom stereocenters. The van der Waals surface area contributed by atoms with Gasteiger partial charge in [-0.05, 0) is 67.4 Å². The van der Waals surface area contributed by atoms with Gasteiger partial charge in [0.2, 0.25) is 20.0 Å². The van der Waals surface area contributed by atoms with E-state index < -0.39 is 44.3 Å². The van der Waals surface area contributed by atoms with E-state index in [1.165, 1.54) is 42.4 Å². The Hall–Kier alpha value is -5.26. The molecule has 65 heavy (non-hydrogen) atoms. The molecule has 0 radical (unpaired) electrons. The van der Waals surface area contributed by atoms with Gasteiger partial charge in [-0.25, -0.2) is 26.8 Å². The molecule has 0 unspecified atom stereocenters. The summed E-state index contributed by atoms with van der Waals surface area (Å²) in [6.07, 6.45) is -8.68. The Morgan fingerprint density at radius 1 is 0.538 bits per heavy atom. The van der Waals surface area contributed by atoms with E-state index in [0.717, 1.165) is 87.7 Å². The van der Waals surface area contributed by atoms with Crippen LogP contribution in [0.25, 0.3) is 22.5 Å². The number of nitrogens with zero attached hydrogens (tertiary/aromatic N) is 6. The van der Waals surface area contributed by atoms with Crippen LogP contribution in [-0.2, 0) is 26.5 Å². The third-order valence-corrected chi connectivity index (χ3v) is 16.0. The van der Waals surface area contributed by atoms with Crippen molar-refractivity contribution in [2.24, 2.45) is 0 Å². The molecule has 0 N–H and O–H groups in total. The molecule has 2 aliphatic rings. The molecule has 2 saturated heterocycles. The third kappa shape index (κ3) is 12.2. The number of aromatic nitrogens is 2. The monoisotopic (exact) mass is 980 g/mol. The van der Waals surface area contributed by atoms with Gasteiger partial charge in [0.15, 0.2) is 10.3 Å². The first-order chi connectivity index (χ1) is 30.8. The van der Waals surface area contributed by atoms with E-state index in [1.807, 2.05) is 63.9 Å². The molecule has 6 aromatic rings. The summed E-state index contributed by atoms with van der Waals surface area (Å²) in [4.78, 5) is 13.3. The number of anilines is 2. The molecule has 0 aliphatic carbocycles. The van der Waals surface area contributed by atoms with Crippen molar-refractivity contribution in [1.82, 2.24) is 18.6 Å². The van der Waals surface area contributed by atoms with Crippen LogP contribution in [0.15, 0.2) is 118 Å². The van der Waals surface area contributed by atoms with Gasteiger partial charge < -0.3 is 19.3 Å². The number of hydrogen-bond acceptors (Lipinski definition) is 12. The molecule has 22 heteroatoms. The maximum atomic E-state index is 12.9. The molecule has 12 nitrogen and oxygen atoms in total. The van der Waals surface area contributed by atoms with Crippen molar-refractivity contribution in [2.45, 2.75) is 42.8 Å². The fourth-order valence-corrected chi connectivity index (χ4v) is 11.5. The van der Waals surface area contributed by atoms with E-state index >= 15 is 0 Å². The third-order valence-electron chi connectivity index (χ3n) is 10.4. The number of alkyl halides is 6. The quantitative estimate of drug-likeness (QED) is 0.116. The Labute approximate surface area is 380 Å². The van der Waals surface area contributed by atoms with Gasteiger partial charge >= 0.3 is 12.7 Å². The topological polar surface area (TPSA) is 125 Å². The highest BCUT2D eigenvalue weighted by Crippen LogP contribution is 2.32. The maximum absolute atomic E-state index is 12.9. The number of benzene rings is 4. The summed E-state index contributed by atoms with van der Waals surface area (Å²) in [5.74, 6) is -0.926. The predicted molar refractivity (Wildman–Crippen MR) is 237 cm³/mol. The zero-order valence-corrected chi connectivity index (χ0v) is 38.1. The fraction of sp³-hybridized carbons (Fsp3) is 0.302. The van der Waals surface area contributed by atoms with Gasteiger partial charge in [-0.3, -0.25) is 0 Å². The van der Waals surface area contributed by atoms with Crippen LogP contribution in [0.5, 0.6) is 11.5 Å². The summed E-state index contributed by atoms with van der Waals surface area (Å²) < 4.78 is 136. The Kier molecular flexibility index (Phi) is 14.4. The minimum atomic E-state index is -4.83. The Morgan fingerprint density at radius 2 is 0.892 bits per heavy atom. The van der Waals surface area contributed by atoms with Gasteiger partial charge in [-0.1, -0.05) is 61.0 Å². The molecule has 2 fully saturated rings. The van der Waals surface area contributed by atoms with Crippen LogP contribution in [0.3, 0.4) is 0 Å². The van der Waals surface area contributed by atoms with Crippen LogP contribution in [-0.4, -0.2) is 100 Å². The van der Waals surface area contributed by atoms with E-state index in [1.54, 1.807) is 0 Å². The second kappa shape index (κ2) is 19.7.